The van der Waals surface area contributed by atoms with E-state index in [1.54, 1.807) is 6.92 Å². The molecule has 1 amide bonds. The van der Waals surface area contributed by atoms with Crippen LogP contribution in [0.1, 0.15) is 30.1 Å². The minimum Gasteiger partial charge on any atom is -0.503 e. The van der Waals surface area contributed by atoms with Crippen molar-refractivity contribution in [2.24, 2.45) is 5.73 Å². The molecule has 1 rings (SSSR count). The van der Waals surface area contributed by atoms with E-state index in [1.165, 1.54) is 0 Å². The molecule has 0 aliphatic heterocycles. The molecule has 1 aromatic rings. The standard InChI is InChI=1S/C12H13F3N2O2S/c1-2-5(3-8(16)20)17-12(19)6-4-7(13)10(15)11(18)9(6)14/h4-5,18H,2-3H2,1H3,(H2,16,20)(H,17,19). The van der Waals surface area contributed by atoms with Gasteiger partial charge in [0.2, 0.25) is 5.82 Å². The average Bonchev–Trinajstić information content (AvgIpc) is 2.38. The molecule has 0 fully saturated rings. The lowest BCUT2D eigenvalue weighted by atomic mass is 10.1. The molecular weight excluding hydrogens is 293 g/mol. The summed E-state index contributed by atoms with van der Waals surface area (Å²) in [5, 5.41) is 11.4. The Bertz CT molecular complexity index is 552. The van der Waals surface area contributed by atoms with Crippen molar-refractivity contribution >= 4 is 23.1 Å². The van der Waals surface area contributed by atoms with Gasteiger partial charge in [0.05, 0.1) is 10.6 Å². The largest absolute Gasteiger partial charge is 0.503 e. The number of rotatable bonds is 5. The van der Waals surface area contributed by atoms with E-state index in [0.29, 0.717) is 12.5 Å². The Kier molecular flexibility index (Phi) is 5.32. The average molecular weight is 306 g/mol. The van der Waals surface area contributed by atoms with Crippen LogP contribution in [0.2, 0.25) is 0 Å². The van der Waals surface area contributed by atoms with Gasteiger partial charge in [-0.2, -0.15) is 4.39 Å². The van der Waals surface area contributed by atoms with Gasteiger partial charge >= 0.3 is 0 Å². The smallest absolute Gasteiger partial charge is 0.254 e. The second-order valence-electron chi connectivity index (χ2n) is 4.13. The van der Waals surface area contributed by atoms with E-state index >= 15 is 0 Å². The molecule has 0 radical (unpaired) electrons. The van der Waals surface area contributed by atoms with Crippen molar-refractivity contribution < 1.29 is 23.1 Å². The summed E-state index contributed by atoms with van der Waals surface area (Å²) < 4.78 is 39.5. The number of nitrogens with one attached hydrogen (secondary N) is 1. The van der Waals surface area contributed by atoms with Gasteiger partial charge in [0.1, 0.15) is 0 Å². The van der Waals surface area contributed by atoms with Crippen LogP contribution < -0.4 is 11.1 Å². The van der Waals surface area contributed by atoms with Crippen LogP contribution in [0, 0.1) is 17.5 Å². The molecule has 0 spiro atoms. The maximum absolute atomic E-state index is 13.5. The number of carbonyl (C=O) groups excluding carboxylic acids is 1. The molecule has 0 bridgehead atoms. The monoisotopic (exact) mass is 306 g/mol. The maximum atomic E-state index is 13.5. The fourth-order valence-corrected chi connectivity index (χ4v) is 1.76. The summed E-state index contributed by atoms with van der Waals surface area (Å²) in [5.74, 6) is -7.30. The van der Waals surface area contributed by atoms with Crippen LogP contribution >= 0.6 is 12.2 Å². The first kappa shape index (κ1) is 16.2. The summed E-state index contributed by atoms with van der Waals surface area (Å²) in [6.07, 6.45) is 0.648. The molecule has 8 heteroatoms. The van der Waals surface area contributed by atoms with Gasteiger partial charge in [-0.25, -0.2) is 8.78 Å². The Morgan fingerprint density at radius 1 is 1.45 bits per heavy atom. The van der Waals surface area contributed by atoms with Gasteiger partial charge in [-0.15, -0.1) is 0 Å². The fraction of sp³-hybridized carbons (Fsp3) is 0.333. The minimum atomic E-state index is -1.74. The lowest BCUT2D eigenvalue weighted by Gasteiger charge is -2.16. The van der Waals surface area contributed by atoms with Gasteiger partial charge < -0.3 is 16.2 Å². The molecule has 0 aromatic heterocycles. The zero-order valence-electron chi connectivity index (χ0n) is 10.5. The highest BCUT2D eigenvalue weighted by Crippen LogP contribution is 2.25. The highest BCUT2D eigenvalue weighted by molar-refractivity contribution is 7.80. The minimum absolute atomic E-state index is 0.158. The van der Waals surface area contributed by atoms with Gasteiger partial charge in [0.25, 0.3) is 5.91 Å². The van der Waals surface area contributed by atoms with E-state index in [9.17, 15) is 18.0 Å². The van der Waals surface area contributed by atoms with Crippen molar-refractivity contribution in [1.82, 2.24) is 5.32 Å². The summed E-state index contributed by atoms with van der Waals surface area (Å²) in [7, 11) is 0. The number of phenols is 1. The quantitative estimate of drug-likeness (QED) is 0.574. The Balaban J connectivity index is 3.01. The Morgan fingerprint density at radius 2 is 2.05 bits per heavy atom. The number of amides is 1. The highest BCUT2D eigenvalue weighted by Gasteiger charge is 2.23. The van der Waals surface area contributed by atoms with Crippen molar-refractivity contribution in [3.63, 3.8) is 0 Å². The van der Waals surface area contributed by atoms with Gasteiger partial charge in [-0.3, -0.25) is 4.79 Å². The van der Waals surface area contributed by atoms with Gasteiger partial charge in [-0.05, 0) is 12.5 Å². The number of nitrogens with two attached hydrogens (primary N) is 1. The number of hydrogen-bond donors (Lipinski definition) is 3. The van der Waals surface area contributed by atoms with Crippen LogP contribution in [-0.4, -0.2) is 22.0 Å². The van der Waals surface area contributed by atoms with Crippen LogP contribution in [0.4, 0.5) is 13.2 Å². The highest BCUT2D eigenvalue weighted by atomic mass is 32.1. The van der Waals surface area contributed by atoms with Crippen molar-refractivity contribution in [1.29, 1.82) is 0 Å². The summed E-state index contributed by atoms with van der Waals surface area (Å²) in [5.41, 5.74) is 4.55. The first-order valence-corrected chi connectivity index (χ1v) is 6.14. The zero-order chi connectivity index (χ0) is 15.4. The number of aromatic hydroxyl groups is 1. The number of carbonyl (C=O) groups is 1. The summed E-state index contributed by atoms with van der Waals surface area (Å²) in [6.45, 7) is 1.74. The number of halogens is 3. The second-order valence-corrected chi connectivity index (χ2v) is 4.66. The molecular formula is C12H13F3N2O2S. The maximum Gasteiger partial charge on any atom is 0.254 e. The van der Waals surface area contributed by atoms with Crippen molar-refractivity contribution in [3.05, 3.63) is 29.1 Å². The van der Waals surface area contributed by atoms with E-state index in [4.69, 9.17) is 23.1 Å². The van der Waals surface area contributed by atoms with Gasteiger partial charge in [0, 0.05) is 12.5 Å². The van der Waals surface area contributed by atoms with Crippen molar-refractivity contribution in [2.45, 2.75) is 25.8 Å². The van der Waals surface area contributed by atoms with E-state index in [2.05, 4.69) is 5.32 Å². The van der Waals surface area contributed by atoms with E-state index in [-0.39, 0.29) is 11.4 Å². The van der Waals surface area contributed by atoms with Crippen LogP contribution in [0.25, 0.3) is 0 Å². The number of phenolic OH excluding ortho intramolecular Hbond substituents is 1. The normalized spacial score (nSPS) is 12.0. The molecule has 0 aliphatic carbocycles. The predicted molar refractivity (Wildman–Crippen MR) is 70.9 cm³/mol. The van der Waals surface area contributed by atoms with E-state index in [0.717, 1.165) is 0 Å². The molecule has 1 aromatic carbocycles. The van der Waals surface area contributed by atoms with E-state index < -0.39 is 40.7 Å². The SMILES string of the molecule is CCC(CC(N)=S)NC(=O)c1cc(F)c(F)c(O)c1F. The molecule has 0 aliphatic rings. The molecule has 1 unspecified atom stereocenters. The van der Waals surface area contributed by atoms with E-state index in [1.807, 2.05) is 0 Å². The molecule has 0 heterocycles. The third kappa shape index (κ3) is 3.60. The van der Waals surface area contributed by atoms with Gasteiger partial charge in [-0.1, -0.05) is 19.1 Å². The number of benzene rings is 1. The number of hydrogen-bond acceptors (Lipinski definition) is 3. The molecule has 4 nitrogen and oxygen atoms in total. The van der Waals surface area contributed by atoms with Crippen LogP contribution in [0.15, 0.2) is 6.07 Å². The van der Waals surface area contributed by atoms with Crippen LogP contribution in [0.3, 0.4) is 0 Å². The molecule has 110 valence electrons. The Labute approximate surface area is 118 Å². The predicted octanol–water partition coefficient (Wildman–Crippen LogP) is 1.99. The number of thiocarbonyl (C=S) groups is 1. The lowest BCUT2D eigenvalue weighted by molar-refractivity contribution is 0.0931. The van der Waals surface area contributed by atoms with Crippen molar-refractivity contribution in [3.8, 4) is 5.75 Å². The van der Waals surface area contributed by atoms with Crippen LogP contribution in [-0.2, 0) is 0 Å². The van der Waals surface area contributed by atoms with Crippen LogP contribution in [0.5, 0.6) is 5.75 Å². The Hall–Kier alpha value is -1.83. The third-order valence-electron chi connectivity index (χ3n) is 2.65. The summed E-state index contributed by atoms with van der Waals surface area (Å²) in [4.78, 5) is 12.0. The Morgan fingerprint density at radius 3 is 2.55 bits per heavy atom. The van der Waals surface area contributed by atoms with Gasteiger partial charge in [0.15, 0.2) is 17.4 Å². The molecule has 4 N–H and O–H groups in total. The van der Waals surface area contributed by atoms with Crippen molar-refractivity contribution in [2.75, 3.05) is 0 Å². The molecule has 0 saturated carbocycles. The molecule has 20 heavy (non-hydrogen) atoms. The molecule has 0 saturated heterocycles. The summed E-state index contributed by atoms with van der Waals surface area (Å²) in [6, 6.07) is -0.0811. The third-order valence-corrected chi connectivity index (χ3v) is 2.82. The fourth-order valence-electron chi connectivity index (χ4n) is 1.56. The first-order valence-electron chi connectivity index (χ1n) is 5.73. The first-order chi connectivity index (χ1) is 9.27. The second kappa shape index (κ2) is 6.56. The topological polar surface area (TPSA) is 75.3 Å². The lowest BCUT2D eigenvalue weighted by Crippen LogP contribution is -2.37. The summed E-state index contributed by atoms with van der Waals surface area (Å²) >= 11 is 4.69. The zero-order valence-corrected chi connectivity index (χ0v) is 11.4. The molecule has 1 atom stereocenters.